The second-order valence-corrected chi connectivity index (χ2v) is 5.99. The molecule has 0 spiro atoms. The summed E-state index contributed by atoms with van der Waals surface area (Å²) in [6.07, 6.45) is 2.95. The van der Waals surface area contributed by atoms with Crippen molar-refractivity contribution in [1.29, 1.82) is 0 Å². The molecule has 0 aliphatic heterocycles. The number of anilines is 1. The van der Waals surface area contributed by atoms with E-state index in [0.717, 1.165) is 12.8 Å². The lowest BCUT2D eigenvalue weighted by atomic mass is 9.78. The van der Waals surface area contributed by atoms with Gasteiger partial charge in [-0.2, -0.15) is 0 Å². The number of hydrogen-bond donors (Lipinski definition) is 2. The molecule has 22 heavy (non-hydrogen) atoms. The molecule has 2 N–H and O–H groups in total. The van der Waals surface area contributed by atoms with Gasteiger partial charge in [-0.05, 0) is 38.8 Å². The standard InChI is InChI=1S/C17H23NO4/c1-11(2)22-15-10-6-5-9-14(15)18-16(19)12-7-3-4-8-13(12)17(20)21/h5-6,9-13H,3-4,7-8H2,1-2H3,(H,18,19)(H,20,21)/t12-,13+/m0/s1. The van der Waals surface area contributed by atoms with Crippen LogP contribution in [0.15, 0.2) is 24.3 Å². The predicted octanol–water partition coefficient (Wildman–Crippen LogP) is 3.30. The Morgan fingerprint density at radius 3 is 2.45 bits per heavy atom. The van der Waals surface area contributed by atoms with E-state index in [9.17, 15) is 14.7 Å². The van der Waals surface area contributed by atoms with E-state index in [1.165, 1.54) is 0 Å². The topological polar surface area (TPSA) is 75.6 Å². The summed E-state index contributed by atoms with van der Waals surface area (Å²) >= 11 is 0. The van der Waals surface area contributed by atoms with Gasteiger partial charge in [-0.3, -0.25) is 9.59 Å². The minimum Gasteiger partial charge on any atom is -0.489 e. The Labute approximate surface area is 130 Å². The summed E-state index contributed by atoms with van der Waals surface area (Å²) in [6, 6.07) is 7.23. The number of benzene rings is 1. The van der Waals surface area contributed by atoms with Crippen LogP contribution in [0.5, 0.6) is 5.75 Å². The minimum absolute atomic E-state index is 0.000462. The van der Waals surface area contributed by atoms with E-state index in [-0.39, 0.29) is 12.0 Å². The zero-order valence-electron chi connectivity index (χ0n) is 13.0. The number of ether oxygens (including phenoxy) is 1. The predicted molar refractivity (Wildman–Crippen MR) is 83.9 cm³/mol. The second kappa shape index (κ2) is 7.29. The highest BCUT2D eigenvalue weighted by Gasteiger charge is 2.35. The maximum absolute atomic E-state index is 12.5. The zero-order chi connectivity index (χ0) is 16.1. The van der Waals surface area contributed by atoms with E-state index in [4.69, 9.17) is 4.74 Å². The van der Waals surface area contributed by atoms with Crippen molar-refractivity contribution in [2.45, 2.75) is 45.6 Å². The third-order valence-corrected chi connectivity index (χ3v) is 3.93. The van der Waals surface area contributed by atoms with Gasteiger partial charge in [0.05, 0.1) is 23.6 Å². The molecule has 1 aliphatic rings. The number of para-hydroxylation sites is 2. The maximum atomic E-state index is 12.5. The third kappa shape index (κ3) is 4.00. The number of amides is 1. The average molecular weight is 305 g/mol. The van der Waals surface area contributed by atoms with Gasteiger partial charge < -0.3 is 15.2 Å². The molecule has 1 saturated carbocycles. The van der Waals surface area contributed by atoms with Crippen molar-refractivity contribution < 1.29 is 19.4 Å². The average Bonchev–Trinajstić information content (AvgIpc) is 2.48. The highest BCUT2D eigenvalue weighted by Crippen LogP contribution is 2.32. The van der Waals surface area contributed by atoms with Crippen LogP contribution in [0.4, 0.5) is 5.69 Å². The molecule has 2 atom stereocenters. The molecule has 0 radical (unpaired) electrons. The van der Waals surface area contributed by atoms with Crippen molar-refractivity contribution >= 4 is 17.6 Å². The molecule has 2 rings (SSSR count). The maximum Gasteiger partial charge on any atom is 0.307 e. The molecule has 5 nitrogen and oxygen atoms in total. The summed E-state index contributed by atoms with van der Waals surface area (Å²) in [5.41, 5.74) is 0.593. The molecule has 0 bridgehead atoms. The van der Waals surface area contributed by atoms with Gasteiger partial charge in [-0.15, -0.1) is 0 Å². The summed E-state index contributed by atoms with van der Waals surface area (Å²) in [7, 11) is 0. The Morgan fingerprint density at radius 2 is 1.82 bits per heavy atom. The van der Waals surface area contributed by atoms with E-state index in [2.05, 4.69) is 5.32 Å². The lowest BCUT2D eigenvalue weighted by molar-refractivity contribution is -0.147. The van der Waals surface area contributed by atoms with Gasteiger partial charge in [0.2, 0.25) is 5.91 Å². The fourth-order valence-corrected chi connectivity index (χ4v) is 2.89. The number of aliphatic carboxylic acids is 1. The van der Waals surface area contributed by atoms with Gasteiger partial charge >= 0.3 is 5.97 Å². The van der Waals surface area contributed by atoms with Gasteiger partial charge in [0.15, 0.2) is 0 Å². The van der Waals surface area contributed by atoms with E-state index in [0.29, 0.717) is 24.3 Å². The number of carboxylic acid groups (broad SMARTS) is 1. The fourth-order valence-electron chi connectivity index (χ4n) is 2.89. The monoisotopic (exact) mass is 305 g/mol. The lowest BCUT2D eigenvalue weighted by Gasteiger charge is -2.27. The Hall–Kier alpha value is -2.04. The molecule has 0 heterocycles. The molecule has 0 saturated heterocycles. The normalized spacial score (nSPS) is 21.4. The Kier molecular flexibility index (Phi) is 5.41. The smallest absolute Gasteiger partial charge is 0.307 e. The van der Waals surface area contributed by atoms with Crippen molar-refractivity contribution in [1.82, 2.24) is 0 Å². The van der Waals surface area contributed by atoms with Crippen LogP contribution >= 0.6 is 0 Å². The first-order chi connectivity index (χ1) is 10.5. The second-order valence-electron chi connectivity index (χ2n) is 5.99. The van der Waals surface area contributed by atoms with Crippen LogP contribution in [0.3, 0.4) is 0 Å². The van der Waals surface area contributed by atoms with E-state index >= 15 is 0 Å². The molecular formula is C17H23NO4. The molecule has 1 fully saturated rings. The van der Waals surface area contributed by atoms with Crippen molar-refractivity contribution in [3.8, 4) is 5.75 Å². The highest BCUT2D eigenvalue weighted by atomic mass is 16.5. The number of carbonyl (C=O) groups excluding carboxylic acids is 1. The number of carbonyl (C=O) groups is 2. The first kappa shape index (κ1) is 16.3. The van der Waals surface area contributed by atoms with Crippen molar-refractivity contribution in [3.05, 3.63) is 24.3 Å². The first-order valence-corrected chi connectivity index (χ1v) is 7.78. The Morgan fingerprint density at radius 1 is 1.18 bits per heavy atom. The minimum atomic E-state index is -0.883. The van der Waals surface area contributed by atoms with Crippen molar-refractivity contribution in [3.63, 3.8) is 0 Å². The van der Waals surface area contributed by atoms with Gasteiger partial charge in [-0.25, -0.2) is 0 Å². The number of nitrogens with one attached hydrogen (secondary N) is 1. The Bertz CT molecular complexity index is 541. The van der Waals surface area contributed by atoms with Crippen molar-refractivity contribution in [2.75, 3.05) is 5.32 Å². The van der Waals surface area contributed by atoms with Gasteiger partial charge in [0.1, 0.15) is 5.75 Å². The van der Waals surface area contributed by atoms with Gasteiger partial charge in [0.25, 0.3) is 0 Å². The summed E-state index contributed by atoms with van der Waals surface area (Å²) in [4.78, 5) is 23.8. The van der Waals surface area contributed by atoms with E-state index < -0.39 is 17.8 Å². The van der Waals surface area contributed by atoms with Crippen LogP contribution in [0, 0.1) is 11.8 Å². The lowest BCUT2D eigenvalue weighted by Crippen LogP contribution is -2.36. The number of rotatable bonds is 5. The van der Waals surface area contributed by atoms with Gasteiger partial charge in [0, 0.05) is 0 Å². The fraction of sp³-hybridized carbons (Fsp3) is 0.529. The zero-order valence-corrected chi connectivity index (χ0v) is 13.0. The largest absolute Gasteiger partial charge is 0.489 e. The van der Waals surface area contributed by atoms with Crippen LogP contribution in [-0.2, 0) is 9.59 Å². The summed E-state index contributed by atoms with van der Waals surface area (Å²) in [6.45, 7) is 3.83. The SMILES string of the molecule is CC(C)Oc1ccccc1NC(=O)[C@H]1CCCC[C@H]1C(=O)O. The van der Waals surface area contributed by atoms with E-state index in [1.807, 2.05) is 26.0 Å². The molecule has 1 aliphatic carbocycles. The first-order valence-electron chi connectivity index (χ1n) is 7.78. The van der Waals surface area contributed by atoms with Crippen LogP contribution in [0.25, 0.3) is 0 Å². The van der Waals surface area contributed by atoms with Gasteiger partial charge in [-0.1, -0.05) is 25.0 Å². The highest BCUT2D eigenvalue weighted by molar-refractivity contribution is 5.96. The number of hydrogen-bond acceptors (Lipinski definition) is 3. The molecule has 0 aromatic heterocycles. The van der Waals surface area contributed by atoms with Crippen LogP contribution in [0.2, 0.25) is 0 Å². The molecule has 1 aromatic carbocycles. The van der Waals surface area contributed by atoms with E-state index in [1.54, 1.807) is 12.1 Å². The Balaban J connectivity index is 2.12. The molecule has 120 valence electrons. The van der Waals surface area contributed by atoms with Crippen LogP contribution in [-0.4, -0.2) is 23.1 Å². The summed E-state index contributed by atoms with van der Waals surface area (Å²) in [5, 5.41) is 12.1. The summed E-state index contributed by atoms with van der Waals surface area (Å²) < 4.78 is 5.68. The van der Waals surface area contributed by atoms with Crippen LogP contribution < -0.4 is 10.1 Å². The molecular weight excluding hydrogens is 282 g/mol. The summed E-state index contributed by atoms with van der Waals surface area (Å²) in [5.74, 6) is -1.57. The third-order valence-electron chi connectivity index (χ3n) is 3.93. The molecule has 1 amide bonds. The molecule has 0 unspecified atom stereocenters. The molecule has 1 aromatic rings. The van der Waals surface area contributed by atoms with Crippen LogP contribution in [0.1, 0.15) is 39.5 Å². The molecule has 5 heteroatoms. The number of carboxylic acids is 1. The quantitative estimate of drug-likeness (QED) is 0.875. The van der Waals surface area contributed by atoms with Crippen molar-refractivity contribution in [2.24, 2.45) is 11.8 Å².